The number of nitrogens with zero attached hydrogens (tertiary/aromatic N) is 4. The first-order valence-electron chi connectivity index (χ1n) is 7.40. The van der Waals surface area contributed by atoms with E-state index in [-0.39, 0.29) is 17.7 Å². The number of amides is 1. The Kier molecular flexibility index (Phi) is 5.29. The van der Waals surface area contributed by atoms with Crippen LogP contribution in [0.2, 0.25) is 0 Å². The van der Waals surface area contributed by atoms with Crippen molar-refractivity contribution < 1.29 is 9.32 Å². The molecule has 25 heavy (non-hydrogen) atoms. The molecule has 0 saturated heterocycles. The zero-order chi connectivity index (χ0) is 17.8. The summed E-state index contributed by atoms with van der Waals surface area (Å²) in [5.74, 6) is 0.404. The lowest BCUT2D eigenvalue weighted by Crippen LogP contribution is -2.14. The number of benzene rings is 1. The molecule has 3 aromatic rings. The van der Waals surface area contributed by atoms with Crippen molar-refractivity contribution in [3.63, 3.8) is 0 Å². The van der Waals surface area contributed by atoms with Gasteiger partial charge in [-0.25, -0.2) is 0 Å². The third kappa shape index (κ3) is 4.77. The lowest BCUT2D eigenvalue weighted by Gasteiger charge is -2.05. The zero-order valence-electron chi connectivity index (χ0n) is 13.9. The van der Waals surface area contributed by atoms with Crippen LogP contribution in [0.4, 0.5) is 16.8 Å². The van der Waals surface area contributed by atoms with Crippen LogP contribution in [0, 0.1) is 20.8 Å². The molecule has 1 amide bonds. The topological polar surface area (TPSA) is 106 Å². The molecule has 0 atom stereocenters. The van der Waals surface area contributed by atoms with Crippen LogP contribution in [-0.4, -0.2) is 32.0 Å². The Balaban J connectivity index is 1.52. The fourth-order valence-electron chi connectivity index (χ4n) is 1.89. The molecule has 0 saturated carbocycles. The fourth-order valence-corrected chi connectivity index (χ4v) is 3.46. The van der Waals surface area contributed by atoms with Gasteiger partial charge in [0.1, 0.15) is 0 Å². The summed E-state index contributed by atoms with van der Waals surface area (Å²) in [6.45, 7) is 5.81. The minimum atomic E-state index is -0.243. The predicted octanol–water partition coefficient (Wildman–Crippen LogP) is 3.32. The first-order chi connectivity index (χ1) is 12.0. The molecule has 2 heterocycles. The van der Waals surface area contributed by atoms with E-state index in [0.717, 1.165) is 5.69 Å². The van der Waals surface area contributed by atoms with Gasteiger partial charge in [0.2, 0.25) is 11.0 Å². The molecule has 3 rings (SSSR count). The molecule has 130 valence electrons. The summed E-state index contributed by atoms with van der Waals surface area (Å²) in [6.07, 6.45) is 0. The number of carbonyl (C=O) groups is 1. The van der Waals surface area contributed by atoms with Gasteiger partial charge in [-0.05, 0) is 44.0 Å². The van der Waals surface area contributed by atoms with E-state index >= 15 is 0 Å². The third-order valence-corrected chi connectivity index (χ3v) is 5.24. The number of carbonyl (C=O) groups excluding carboxylic acids is 1. The van der Waals surface area contributed by atoms with Crippen LogP contribution in [0.1, 0.15) is 17.0 Å². The lowest BCUT2D eigenvalue weighted by molar-refractivity contribution is -0.114. The van der Waals surface area contributed by atoms with Crippen LogP contribution >= 0.6 is 23.1 Å². The molecule has 0 spiro atoms. The van der Waals surface area contributed by atoms with E-state index in [2.05, 4.69) is 57.0 Å². The Hall–Kier alpha value is -2.46. The summed E-state index contributed by atoms with van der Waals surface area (Å²) < 4.78 is 5.54. The van der Waals surface area contributed by atoms with Gasteiger partial charge in [-0.15, -0.1) is 10.2 Å². The molecule has 0 unspecified atom stereocenters. The van der Waals surface area contributed by atoms with Gasteiger partial charge in [-0.2, -0.15) is 4.98 Å². The Morgan fingerprint density at radius 1 is 1.24 bits per heavy atom. The summed E-state index contributed by atoms with van der Waals surface area (Å²) in [7, 11) is 0. The van der Waals surface area contributed by atoms with E-state index in [9.17, 15) is 4.79 Å². The highest BCUT2D eigenvalue weighted by Gasteiger charge is 2.11. The van der Waals surface area contributed by atoms with Crippen molar-refractivity contribution in [1.82, 2.24) is 20.3 Å². The molecular formula is C15H16N6O2S2. The summed E-state index contributed by atoms with van der Waals surface area (Å²) in [5, 5.41) is 18.2. The van der Waals surface area contributed by atoms with E-state index in [0.29, 0.717) is 15.3 Å². The second kappa shape index (κ2) is 7.62. The smallest absolute Gasteiger partial charge is 0.328 e. The monoisotopic (exact) mass is 376 g/mol. The molecule has 0 aliphatic rings. The van der Waals surface area contributed by atoms with E-state index < -0.39 is 0 Å². The van der Waals surface area contributed by atoms with Crippen LogP contribution in [0.5, 0.6) is 0 Å². The molecule has 0 bridgehead atoms. The van der Waals surface area contributed by atoms with E-state index in [1.54, 1.807) is 6.92 Å². The predicted molar refractivity (Wildman–Crippen MR) is 97.5 cm³/mol. The quantitative estimate of drug-likeness (QED) is 0.631. The second-order valence-electron chi connectivity index (χ2n) is 5.28. The molecule has 0 aliphatic carbocycles. The molecule has 1 aromatic carbocycles. The highest BCUT2D eigenvalue weighted by molar-refractivity contribution is 8.01. The Morgan fingerprint density at radius 2 is 2.08 bits per heavy atom. The van der Waals surface area contributed by atoms with Gasteiger partial charge in [-0.3, -0.25) is 10.1 Å². The maximum absolute atomic E-state index is 11.8. The van der Waals surface area contributed by atoms with Crippen molar-refractivity contribution in [3.05, 3.63) is 35.2 Å². The van der Waals surface area contributed by atoms with Crippen molar-refractivity contribution in [2.24, 2.45) is 0 Å². The average Bonchev–Trinajstić information content (AvgIpc) is 3.18. The summed E-state index contributed by atoms with van der Waals surface area (Å²) in [6, 6.07) is 6.20. The van der Waals surface area contributed by atoms with Crippen LogP contribution < -0.4 is 10.6 Å². The lowest BCUT2D eigenvalue weighted by atomic mass is 10.1. The maximum Gasteiger partial charge on any atom is 0.328 e. The third-order valence-electron chi connectivity index (χ3n) is 3.27. The van der Waals surface area contributed by atoms with Crippen LogP contribution in [0.3, 0.4) is 0 Å². The summed E-state index contributed by atoms with van der Waals surface area (Å²) in [4.78, 5) is 15.8. The molecule has 10 heteroatoms. The fraction of sp³-hybridized carbons (Fsp3) is 0.267. The van der Waals surface area contributed by atoms with Crippen LogP contribution in [-0.2, 0) is 4.79 Å². The SMILES string of the molecule is Cc1noc(NC(=O)CSc2nnc(Nc3ccc(C)c(C)c3)s2)n1. The van der Waals surface area contributed by atoms with Crippen molar-refractivity contribution in [2.75, 3.05) is 16.4 Å². The number of aryl methyl sites for hydroxylation is 3. The van der Waals surface area contributed by atoms with Gasteiger partial charge in [-0.1, -0.05) is 34.3 Å². The van der Waals surface area contributed by atoms with Crippen molar-refractivity contribution >= 4 is 45.8 Å². The molecule has 2 aromatic heterocycles. The minimum Gasteiger partial charge on any atom is -0.330 e. The van der Waals surface area contributed by atoms with Gasteiger partial charge in [0, 0.05) is 5.69 Å². The molecule has 2 N–H and O–H groups in total. The number of thioether (sulfide) groups is 1. The maximum atomic E-state index is 11.8. The number of nitrogens with one attached hydrogen (secondary N) is 2. The molecule has 0 fully saturated rings. The van der Waals surface area contributed by atoms with Gasteiger partial charge in [0.05, 0.1) is 5.75 Å². The van der Waals surface area contributed by atoms with E-state index in [1.807, 2.05) is 6.07 Å². The van der Waals surface area contributed by atoms with Gasteiger partial charge >= 0.3 is 6.01 Å². The number of aromatic nitrogens is 4. The Labute approximate surface area is 152 Å². The Morgan fingerprint density at radius 3 is 2.80 bits per heavy atom. The largest absolute Gasteiger partial charge is 0.330 e. The van der Waals surface area contributed by atoms with Gasteiger partial charge < -0.3 is 9.84 Å². The number of anilines is 3. The van der Waals surface area contributed by atoms with Gasteiger partial charge in [0.25, 0.3) is 0 Å². The molecule has 0 aliphatic heterocycles. The zero-order valence-corrected chi connectivity index (χ0v) is 15.5. The van der Waals surface area contributed by atoms with Crippen molar-refractivity contribution in [3.8, 4) is 0 Å². The van der Waals surface area contributed by atoms with Crippen LogP contribution in [0.15, 0.2) is 27.1 Å². The van der Waals surface area contributed by atoms with Gasteiger partial charge in [0.15, 0.2) is 10.2 Å². The second-order valence-corrected chi connectivity index (χ2v) is 7.48. The normalized spacial score (nSPS) is 10.7. The Bertz CT molecular complexity index is 892. The van der Waals surface area contributed by atoms with Crippen LogP contribution in [0.25, 0.3) is 0 Å². The van der Waals surface area contributed by atoms with E-state index in [4.69, 9.17) is 4.52 Å². The van der Waals surface area contributed by atoms with Crippen molar-refractivity contribution in [1.29, 1.82) is 0 Å². The molecule has 8 nitrogen and oxygen atoms in total. The first-order valence-corrected chi connectivity index (χ1v) is 9.20. The molecule has 0 radical (unpaired) electrons. The molecular weight excluding hydrogens is 360 g/mol. The number of hydrogen-bond donors (Lipinski definition) is 2. The first kappa shape index (κ1) is 17.4. The van der Waals surface area contributed by atoms with E-state index in [1.165, 1.54) is 34.2 Å². The number of hydrogen-bond acceptors (Lipinski definition) is 9. The average molecular weight is 376 g/mol. The number of rotatable bonds is 6. The van der Waals surface area contributed by atoms with Crippen molar-refractivity contribution in [2.45, 2.75) is 25.1 Å². The summed E-state index contributed by atoms with van der Waals surface area (Å²) in [5.41, 5.74) is 3.40. The minimum absolute atomic E-state index is 0.0949. The summed E-state index contributed by atoms with van der Waals surface area (Å²) >= 11 is 2.68. The highest BCUT2D eigenvalue weighted by Crippen LogP contribution is 2.28. The highest BCUT2D eigenvalue weighted by atomic mass is 32.2. The standard InChI is InChI=1S/C15H16N6O2S2/c1-8-4-5-11(6-9(8)2)17-14-19-20-15(25-14)24-7-12(22)18-13-16-10(3)21-23-13/h4-6H,7H2,1-3H3,(H,17,19)(H,16,18,21,22).